The summed E-state index contributed by atoms with van der Waals surface area (Å²) in [5, 5.41) is 0. The Morgan fingerprint density at radius 3 is 2.50 bits per heavy atom. The van der Waals surface area contributed by atoms with Crippen molar-refractivity contribution in [3.63, 3.8) is 0 Å². The van der Waals surface area contributed by atoms with Crippen LogP contribution >= 0.6 is 0 Å². The molecule has 1 heterocycles. The molecule has 0 N–H and O–H groups in total. The summed E-state index contributed by atoms with van der Waals surface area (Å²) in [6, 6.07) is 0. The Bertz CT molecular complexity index is 511. The molecule has 0 aromatic heterocycles. The Labute approximate surface area is 114 Å². The largest absolute Gasteiger partial charge is 0.534 e. The molecular formula is C10H14F3NO5S. The molecule has 0 saturated carbocycles. The van der Waals surface area contributed by atoms with E-state index in [4.69, 9.17) is 0 Å². The topological polar surface area (TPSA) is 72.9 Å². The Kier molecular flexibility index (Phi) is 5.03. The van der Waals surface area contributed by atoms with Gasteiger partial charge in [0.1, 0.15) is 5.76 Å². The molecule has 0 aromatic carbocycles. The summed E-state index contributed by atoms with van der Waals surface area (Å²) in [4.78, 5) is 13.3. The third-order valence-electron chi connectivity index (χ3n) is 2.50. The number of rotatable bonds is 4. The molecule has 1 rings (SSSR count). The summed E-state index contributed by atoms with van der Waals surface area (Å²) in [6.45, 7) is 1.77. The van der Waals surface area contributed by atoms with Crippen LogP contribution in [-0.4, -0.2) is 51.5 Å². The lowest BCUT2D eigenvalue weighted by molar-refractivity contribution is -0.139. The normalized spacial score (nSPS) is 18.1. The molecule has 0 saturated heterocycles. The van der Waals surface area contributed by atoms with E-state index in [1.165, 1.54) is 6.92 Å². The second-order valence-corrected chi connectivity index (χ2v) is 5.63. The van der Waals surface area contributed by atoms with Crippen LogP contribution in [0.2, 0.25) is 0 Å². The number of halogens is 3. The van der Waals surface area contributed by atoms with Crippen LogP contribution in [0, 0.1) is 0 Å². The van der Waals surface area contributed by atoms with Gasteiger partial charge in [-0.25, -0.2) is 4.79 Å². The molecule has 1 aliphatic heterocycles. The van der Waals surface area contributed by atoms with E-state index >= 15 is 0 Å². The molecule has 0 amide bonds. The molecule has 0 unspecified atom stereocenters. The minimum absolute atomic E-state index is 0.0192. The number of esters is 1. The van der Waals surface area contributed by atoms with Crippen LogP contribution in [0.4, 0.5) is 13.2 Å². The van der Waals surface area contributed by atoms with Crippen molar-refractivity contribution in [2.75, 3.05) is 26.7 Å². The predicted molar refractivity (Wildman–Crippen MR) is 61.8 cm³/mol. The lowest BCUT2D eigenvalue weighted by Crippen LogP contribution is -2.34. The average molecular weight is 317 g/mol. The Hall–Kier alpha value is -1.29. The van der Waals surface area contributed by atoms with Crippen LogP contribution in [0.15, 0.2) is 11.3 Å². The van der Waals surface area contributed by atoms with Crippen LogP contribution in [0.1, 0.15) is 13.3 Å². The number of ether oxygens (including phenoxy) is 1. The SMILES string of the molecule is CCOC(=O)C1=C(OS(=O)(=O)C(F)(F)F)CCN(C)C1. The van der Waals surface area contributed by atoms with Gasteiger partial charge in [0.25, 0.3) is 0 Å². The zero-order chi connectivity index (χ0) is 15.6. The third kappa shape index (κ3) is 3.85. The summed E-state index contributed by atoms with van der Waals surface area (Å²) in [7, 11) is -4.15. The molecule has 20 heavy (non-hydrogen) atoms. The Morgan fingerprint density at radius 1 is 1.40 bits per heavy atom. The van der Waals surface area contributed by atoms with E-state index in [0.717, 1.165) is 0 Å². The number of carbonyl (C=O) groups excluding carboxylic acids is 1. The van der Waals surface area contributed by atoms with Gasteiger partial charge >= 0.3 is 21.6 Å². The monoisotopic (exact) mass is 317 g/mol. The van der Waals surface area contributed by atoms with Gasteiger partial charge in [-0.2, -0.15) is 21.6 Å². The standard InChI is InChI=1S/C10H14F3NO5S/c1-3-18-9(15)7-6-14(2)5-4-8(7)19-20(16,17)10(11,12)13/h3-6H2,1-2H3. The van der Waals surface area contributed by atoms with Crippen LogP contribution < -0.4 is 0 Å². The van der Waals surface area contributed by atoms with E-state index in [-0.39, 0.29) is 31.7 Å². The van der Waals surface area contributed by atoms with Crippen molar-refractivity contribution in [1.82, 2.24) is 4.90 Å². The maximum absolute atomic E-state index is 12.3. The van der Waals surface area contributed by atoms with Crippen LogP contribution in [0.3, 0.4) is 0 Å². The van der Waals surface area contributed by atoms with Crippen LogP contribution in [-0.2, 0) is 23.8 Å². The van der Waals surface area contributed by atoms with Gasteiger partial charge in [-0.05, 0) is 14.0 Å². The first-order valence-electron chi connectivity index (χ1n) is 5.67. The predicted octanol–water partition coefficient (Wildman–Crippen LogP) is 1.01. The fourth-order valence-electron chi connectivity index (χ4n) is 1.55. The van der Waals surface area contributed by atoms with Crippen molar-refractivity contribution in [2.45, 2.75) is 18.9 Å². The molecular weight excluding hydrogens is 303 g/mol. The minimum Gasteiger partial charge on any atom is -0.462 e. The molecule has 6 nitrogen and oxygen atoms in total. The number of likely N-dealkylation sites (N-methyl/N-ethyl adjacent to an activating group) is 1. The Balaban J connectivity index is 3.09. The molecule has 0 atom stereocenters. The second-order valence-electron chi connectivity index (χ2n) is 4.09. The zero-order valence-electron chi connectivity index (χ0n) is 10.9. The van der Waals surface area contributed by atoms with Crippen molar-refractivity contribution < 1.29 is 35.3 Å². The van der Waals surface area contributed by atoms with Crippen molar-refractivity contribution in [2.24, 2.45) is 0 Å². The summed E-state index contributed by atoms with van der Waals surface area (Å²) < 4.78 is 67.6. The van der Waals surface area contributed by atoms with Crippen molar-refractivity contribution in [1.29, 1.82) is 0 Å². The molecule has 1 aliphatic rings. The van der Waals surface area contributed by atoms with Gasteiger partial charge in [0.05, 0.1) is 12.2 Å². The van der Waals surface area contributed by atoms with Crippen LogP contribution in [0.5, 0.6) is 0 Å². The van der Waals surface area contributed by atoms with E-state index in [1.54, 1.807) is 11.9 Å². The second kappa shape index (κ2) is 6.00. The molecule has 0 radical (unpaired) electrons. The van der Waals surface area contributed by atoms with Gasteiger partial charge in [-0.1, -0.05) is 0 Å². The highest BCUT2D eigenvalue weighted by molar-refractivity contribution is 7.87. The Morgan fingerprint density at radius 2 is 2.00 bits per heavy atom. The fraction of sp³-hybridized carbons (Fsp3) is 0.700. The highest BCUT2D eigenvalue weighted by atomic mass is 32.2. The summed E-state index contributed by atoms with van der Waals surface area (Å²) in [6.07, 6.45) is -0.125. The zero-order valence-corrected chi connectivity index (χ0v) is 11.7. The fourth-order valence-corrected chi connectivity index (χ4v) is 2.09. The molecule has 10 heteroatoms. The summed E-state index contributed by atoms with van der Waals surface area (Å²) in [5.41, 5.74) is -5.75. The first-order valence-corrected chi connectivity index (χ1v) is 7.07. The number of carbonyl (C=O) groups is 1. The lowest BCUT2D eigenvalue weighted by Gasteiger charge is -2.26. The van der Waals surface area contributed by atoms with E-state index in [2.05, 4.69) is 8.92 Å². The van der Waals surface area contributed by atoms with Gasteiger partial charge in [0.2, 0.25) is 0 Å². The van der Waals surface area contributed by atoms with E-state index in [0.29, 0.717) is 0 Å². The van der Waals surface area contributed by atoms with E-state index < -0.39 is 27.4 Å². The highest BCUT2D eigenvalue weighted by Gasteiger charge is 2.49. The maximum Gasteiger partial charge on any atom is 0.534 e. The average Bonchev–Trinajstić information content (AvgIpc) is 2.30. The number of alkyl halides is 3. The highest BCUT2D eigenvalue weighted by Crippen LogP contribution is 2.30. The molecule has 0 bridgehead atoms. The maximum atomic E-state index is 12.3. The van der Waals surface area contributed by atoms with Crippen molar-refractivity contribution in [3.05, 3.63) is 11.3 Å². The number of hydrogen-bond acceptors (Lipinski definition) is 6. The van der Waals surface area contributed by atoms with Gasteiger partial charge in [-0.3, -0.25) is 0 Å². The van der Waals surface area contributed by atoms with Crippen molar-refractivity contribution >= 4 is 16.1 Å². The van der Waals surface area contributed by atoms with Gasteiger partial charge in [0.15, 0.2) is 0 Å². The lowest BCUT2D eigenvalue weighted by atomic mass is 10.1. The first-order chi connectivity index (χ1) is 9.08. The molecule has 0 aromatic rings. The third-order valence-corrected chi connectivity index (χ3v) is 3.49. The summed E-state index contributed by atoms with van der Waals surface area (Å²) >= 11 is 0. The van der Waals surface area contributed by atoms with Crippen molar-refractivity contribution in [3.8, 4) is 0 Å². The smallest absolute Gasteiger partial charge is 0.462 e. The molecule has 0 fully saturated rings. The van der Waals surface area contributed by atoms with Gasteiger partial charge < -0.3 is 13.8 Å². The first kappa shape index (κ1) is 16.8. The van der Waals surface area contributed by atoms with Crippen LogP contribution in [0.25, 0.3) is 0 Å². The quantitative estimate of drug-likeness (QED) is 0.438. The minimum atomic E-state index is -5.78. The van der Waals surface area contributed by atoms with E-state index in [1.807, 2.05) is 0 Å². The molecule has 0 spiro atoms. The van der Waals surface area contributed by atoms with Gasteiger partial charge in [-0.15, -0.1) is 0 Å². The number of hydrogen-bond donors (Lipinski definition) is 0. The van der Waals surface area contributed by atoms with E-state index in [9.17, 15) is 26.4 Å². The summed E-state index contributed by atoms with van der Waals surface area (Å²) in [5.74, 6) is -1.40. The molecule has 0 aliphatic carbocycles. The number of nitrogens with zero attached hydrogens (tertiary/aromatic N) is 1. The van der Waals surface area contributed by atoms with Gasteiger partial charge in [0, 0.05) is 19.5 Å². The molecule has 116 valence electrons.